The Morgan fingerprint density at radius 3 is 1.45 bits per heavy atom. The molecule has 1 saturated carbocycles. The van der Waals surface area contributed by atoms with Crippen LogP contribution in [0.5, 0.6) is 0 Å². The largest absolute Gasteiger partial charge is 0.516 e. The van der Waals surface area contributed by atoms with Crippen molar-refractivity contribution in [1.29, 1.82) is 0 Å². The molecule has 1 rings (SSSR count). The highest BCUT2D eigenvalue weighted by molar-refractivity contribution is 4.69. The second-order valence-corrected chi connectivity index (χ2v) is 5.44. The average molecular weight is 288 g/mol. The fourth-order valence-electron chi connectivity index (χ4n) is 2.30. The van der Waals surface area contributed by atoms with Crippen molar-refractivity contribution in [1.82, 2.24) is 0 Å². The van der Waals surface area contributed by atoms with Crippen molar-refractivity contribution in [2.24, 2.45) is 0 Å². The van der Waals surface area contributed by atoms with Crippen LogP contribution >= 0.6 is 0 Å². The van der Waals surface area contributed by atoms with Crippen LogP contribution in [0.2, 0.25) is 0 Å². The minimum atomic E-state index is -0.477. The summed E-state index contributed by atoms with van der Waals surface area (Å²) in [6, 6.07) is 0. The molecule has 120 valence electrons. The van der Waals surface area contributed by atoms with E-state index in [0.717, 1.165) is 31.9 Å². The molecule has 0 aromatic rings. The van der Waals surface area contributed by atoms with Gasteiger partial charge in [-0.25, -0.2) is 0 Å². The molecular formula is C16H32O4. The first-order valence-electron chi connectivity index (χ1n) is 7.98. The van der Waals surface area contributed by atoms with Crippen LogP contribution in [-0.4, -0.2) is 39.2 Å². The molecule has 1 aliphatic rings. The number of hydrogen-bond acceptors (Lipinski definition) is 4. The molecule has 0 aliphatic heterocycles. The lowest BCUT2D eigenvalue weighted by molar-refractivity contribution is 0.00685. The molecule has 0 saturated heterocycles. The van der Waals surface area contributed by atoms with Crippen molar-refractivity contribution in [3.05, 3.63) is 12.3 Å². The van der Waals surface area contributed by atoms with Crippen LogP contribution in [0.15, 0.2) is 12.3 Å². The van der Waals surface area contributed by atoms with Crippen LogP contribution in [0.1, 0.15) is 70.6 Å². The van der Waals surface area contributed by atoms with Crippen LogP contribution in [0, 0.1) is 0 Å². The Morgan fingerprint density at radius 1 is 0.750 bits per heavy atom. The number of aliphatic hydroxyl groups excluding tert-OH is 4. The van der Waals surface area contributed by atoms with E-state index in [9.17, 15) is 10.2 Å². The van der Waals surface area contributed by atoms with E-state index in [1.54, 1.807) is 0 Å². The fraction of sp³-hybridized carbons (Fsp3) is 0.875. The maximum Gasteiger partial charge on any atom is 0.0799 e. The van der Waals surface area contributed by atoms with Gasteiger partial charge in [0.15, 0.2) is 0 Å². The molecule has 2 atom stereocenters. The van der Waals surface area contributed by atoms with Crippen molar-refractivity contribution in [3.63, 3.8) is 0 Å². The van der Waals surface area contributed by atoms with Gasteiger partial charge >= 0.3 is 0 Å². The fourth-order valence-corrected chi connectivity index (χ4v) is 2.30. The summed E-state index contributed by atoms with van der Waals surface area (Å²) < 4.78 is 0. The molecule has 0 bridgehead atoms. The van der Waals surface area contributed by atoms with Gasteiger partial charge < -0.3 is 20.4 Å². The molecule has 4 nitrogen and oxygen atoms in total. The lowest BCUT2D eigenvalue weighted by atomic mass is 9.98. The van der Waals surface area contributed by atoms with Gasteiger partial charge in [-0.2, -0.15) is 0 Å². The lowest BCUT2D eigenvalue weighted by Crippen LogP contribution is -2.25. The van der Waals surface area contributed by atoms with Gasteiger partial charge in [-0.3, -0.25) is 0 Å². The van der Waals surface area contributed by atoms with Crippen LogP contribution in [0.4, 0.5) is 0 Å². The van der Waals surface area contributed by atoms with E-state index in [-0.39, 0.29) is 6.61 Å². The Labute approximate surface area is 123 Å². The third-order valence-electron chi connectivity index (χ3n) is 3.60. The van der Waals surface area contributed by atoms with Gasteiger partial charge in [-0.05, 0) is 25.3 Å². The second kappa shape index (κ2) is 14.8. The Balaban J connectivity index is 0.000000511. The molecule has 0 spiro atoms. The third kappa shape index (κ3) is 12.5. The highest BCUT2D eigenvalue weighted by Gasteiger charge is 2.15. The summed E-state index contributed by atoms with van der Waals surface area (Å²) in [5.74, 6) is 0. The predicted octanol–water partition coefficient (Wildman–Crippen LogP) is 3.06. The smallest absolute Gasteiger partial charge is 0.0799 e. The number of aliphatic hydroxyl groups is 4. The molecule has 0 amide bonds. The first kappa shape index (κ1) is 19.4. The molecule has 20 heavy (non-hydrogen) atoms. The lowest BCUT2D eigenvalue weighted by Gasteiger charge is -2.18. The Bertz CT molecular complexity index is 203. The van der Waals surface area contributed by atoms with Crippen LogP contribution in [-0.2, 0) is 0 Å². The number of rotatable bonds is 2. The van der Waals surface area contributed by atoms with Gasteiger partial charge in [0.1, 0.15) is 0 Å². The van der Waals surface area contributed by atoms with E-state index in [1.165, 1.54) is 44.6 Å². The second-order valence-electron chi connectivity index (χ2n) is 5.44. The minimum absolute atomic E-state index is 0.108. The highest BCUT2D eigenvalue weighted by atomic mass is 16.3. The van der Waals surface area contributed by atoms with Gasteiger partial charge in [0, 0.05) is 6.61 Å². The molecule has 1 aliphatic carbocycles. The van der Waals surface area contributed by atoms with Crippen molar-refractivity contribution in [2.75, 3.05) is 6.61 Å². The molecule has 4 heteroatoms. The summed E-state index contributed by atoms with van der Waals surface area (Å²) in [6.45, 7) is 0.108. The molecule has 4 N–H and O–H groups in total. The van der Waals surface area contributed by atoms with E-state index in [4.69, 9.17) is 10.2 Å². The average Bonchev–Trinajstić information content (AvgIpc) is 2.45. The summed E-state index contributed by atoms with van der Waals surface area (Å²) in [4.78, 5) is 0. The normalized spacial score (nSPS) is 26.1. The molecule has 1 fully saturated rings. The van der Waals surface area contributed by atoms with Gasteiger partial charge in [0.2, 0.25) is 0 Å². The molecule has 0 radical (unpaired) electrons. The van der Waals surface area contributed by atoms with Gasteiger partial charge in [0.05, 0.1) is 18.5 Å². The summed E-state index contributed by atoms with van der Waals surface area (Å²) in [7, 11) is 0. The van der Waals surface area contributed by atoms with Crippen LogP contribution in [0.25, 0.3) is 0 Å². The zero-order valence-electron chi connectivity index (χ0n) is 12.6. The molecule has 0 aromatic heterocycles. The zero-order chi connectivity index (χ0) is 15.1. The predicted molar refractivity (Wildman–Crippen MR) is 81.7 cm³/mol. The molecule has 0 aromatic carbocycles. The van der Waals surface area contributed by atoms with Crippen molar-refractivity contribution in [2.45, 2.75) is 82.8 Å². The summed E-state index contributed by atoms with van der Waals surface area (Å²) in [6.07, 6.45) is 13.4. The Hall–Kier alpha value is -0.580. The maximum atomic E-state index is 9.61. The van der Waals surface area contributed by atoms with E-state index in [1.807, 2.05) is 0 Å². The quantitative estimate of drug-likeness (QED) is 0.589. The van der Waals surface area contributed by atoms with Gasteiger partial charge in [-0.15, -0.1) is 0 Å². The molecule has 2 unspecified atom stereocenters. The summed E-state index contributed by atoms with van der Waals surface area (Å²) in [5.41, 5.74) is 0. The minimum Gasteiger partial charge on any atom is -0.516 e. The molecular weight excluding hydrogens is 256 g/mol. The summed E-state index contributed by atoms with van der Waals surface area (Å²) >= 11 is 0. The Kier molecular flexibility index (Phi) is 14.4. The summed E-state index contributed by atoms with van der Waals surface area (Å²) in [5, 5.41) is 35.2. The van der Waals surface area contributed by atoms with Crippen molar-refractivity contribution < 1.29 is 20.4 Å². The topological polar surface area (TPSA) is 80.9 Å². The van der Waals surface area contributed by atoms with Gasteiger partial charge in [-0.1, -0.05) is 51.4 Å². The van der Waals surface area contributed by atoms with Crippen molar-refractivity contribution in [3.8, 4) is 0 Å². The van der Waals surface area contributed by atoms with E-state index >= 15 is 0 Å². The monoisotopic (exact) mass is 288 g/mol. The van der Waals surface area contributed by atoms with Crippen LogP contribution in [0.3, 0.4) is 0 Å². The van der Waals surface area contributed by atoms with Crippen LogP contribution < -0.4 is 0 Å². The van der Waals surface area contributed by atoms with Crippen molar-refractivity contribution >= 4 is 0 Å². The highest BCUT2D eigenvalue weighted by Crippen LogP contribution is 2.17. The van der Waals surface area contributed by atoms with E-state index < -0.39 is 12.2 Å². The Morgan fingerprint density at radius 2 is 1.15 bits per heavy atom. The maximum absolute atomic E-state index is 9.61. The van der Waals surface area contributed by atoms with Gasteiger partial charge in [0.25, 0.3) is 0 Å². The number of hydrogen-bond donors (Lipinski definition) is 4. The zero-order valence-corrected chi connectivity index (χ0v) is 12.6. The SMILES string of the molecule is O/C=C/CCO.OC1CCCCCCCCCCC1O. The molecule has 0 heterocycles. The van der Waals surface area contributed by atoms with E-state index in [0.29, 0.717) is 6.42 Å². The first-order valence-corrected chi connectivity index (χ1v) is 7.98. The van der Waals surface area contributed by atoms with E-state index in [2.05, 4.69) is 0 Å². The standard InChI is InChI=1S/C12H24O2.C4H8O2/c13-11-9-7-5-3-1-2-4-6-8-10-12(11)14;5-3-1-2-4-6/h11-14H,1-10H2;1,3,5-6H,2,4H2/b;3-1+. The first-order chi connectivity index (χ1) is 9.72. The third-order valence-corrected chi connectivity index (χ3v) is 3.60.